The van der Waals surface area contributed by atoms with Crippen molar-refractivity contribution in [1.29, 1.82) is 0 Å². The monoisotopic (exact) mass is 509 g/mol. The van der Waals surface area contributed by atoms with Crippen molar-refractivity contribution in [3.05, 3.63) is 77.9 Å². The van der Waals surface area contributed by atoms with E-state index in [1.807, 2.05) is 0 Å². The van der Waals surface area contributed by atoms with Gasteiger partial charge in [-0.15, -0.1) is 10.2 Å². The van der Waals surface area contributed by atoms with E-state index in [1.54, 1.807) is 41.9 Å². The number of amides is 1. The largest absolute Gasteiger partial charge is 0.435 e. The highest BCUT2D eigenvalue weighted by molar-refractivity contribution is 5.84. The Morgan fingerprint density at radius 1 is 1.05 bits per heavy atom. The van der Waals surface area contributed by atoms with Crippen LogP contribution in [0.15, 0.2) is 65.3 Å². The number of hydrogen-bond acceptors (Lipinski definition) is 5. The number of carbonyl (C=O) groups is 1. The van der Waals surface area contributed by atoms with Gasteiger partial charge in [0.05, 0.1) is 0 Å². The van der Waals surface area contributed by atoms with E-state index in [4.69, 9.17) is 4.42 Å². The Balaban J connectivity index is 1.61. The van der Waals surface area contributed by atoms with Crippen LogP contribution in [0.5, 0.6) is 0 Å². The molecule has 0 atom stereocenters. The summed E-state index contributed by atoms with van der Waals surface area (Å²) in [4.78, 5) is 15.6. The van der Waals surface area contributed by atoms with Crippen molar-refractivity contribution in [3.63, 3.8) is 0 Å². The summed E-state index contributed by atoms with van der Waals surface area (Å²) in [5.41, 5.74) is 1.09. The second-order valence-corrected chi connectivity index (χ2v) is 8.45. The number of rotatable bonds is 5. The van der Waals surface area contributed by atoms with Crippen molar-refractivity contribution < 1.29 is 26.8 Å². The minimum Gasteiger partial charge on any atom is -0.435 e. The van der Waals surface area contributed by atoms with Crippen molar-refractivity contribution in [2.24, 2.45) is 7.05 Å². The Kier molecular flexibility index (Phi) is 5.98. The van der Waals surface area contributed by atoms with Crippen LogP contribution in [0.3, 0.4) is 0 Å². The number of nitrogens with one attached hydrogen (secondary N) is 1. The predicted octanol–water partition coefficient (Wildman–Crippen LogP) is 5.75. The predicted molar refractivity (Wildman–Crippen MR) is 127 cm³/mol. The van der Waals surface area contributed by atoms with Crippen molar-refractivity contribution in [2.45, 2.75) is 19.6 Å². The maximum atomic E-state index is 14.1. The number of fused-ring (bicyclic) bond motifs is 1. The number of carbonyl (C=O) groups excluding carboxylic acids is 1. The summed E-state index contributed by atoms with van der Waals surface area (Å²) < 4.78 is 62.8. The summed E-state index contributed by atoms with van der Waals surface area (Å²) in [7, 11) is 1.73. The first-order valence-corrected chi connectivity index (χ1v) is 11.1. The molecule has 2 heterocycles. The molecule has 0 saturated heterocycles. The summed E-state index contributed by atoms with van der Waals surface area (Å²) >= 11 is 0. The lowest BCUT2D eigenvalue weighted by molar-refractivity contribution is -0.136. The Hall–Kier alpha value is -4.54. The molecule has 0 aliphatic heterocycles. The highest BCUT2D eigenvalue weighted by Gasteiger charge is 2.35. The van der Waals surface area contributed by atoms with Crippen molar-refractivity contribution in [3.8, 4) is 34.0 Å². The number of nitrogens with zero attached hydrogens (tertiary/aromatic N) is 4. The smallest absolute Gasteiger partial charge is 0.420 e. The molecule has 0 radical (unpaired) electrons. The second-order valence-electron chi connectivity index (χ2n) is 8.45. The van der Waals surface area contributed by atoms with Crippen molar-refractivity contribution in [1.82, 2.24) is 25.1 Å². The normalized spacial score (nSPS) is 11.7. The van der Waals surface area contributed by atoms with E-state index >= 15 is 0 Å². The highest BCUT2D eigenvalue weighted by atomic mass is 19.4. The Bertz CT molecular complexity index is 1640. The zero-order valence-electron chi connectivity index (χ0n) is 19.6. The number of aromatic nitrogens is 4. The fourth-order valence-corrected chi connectivity index (χ4v) is 4.05. The first kappa shape index (κ1) is 24.2. The third-order valence-corrected chi connectivity index (χ3v) is 5.75. The first-order valence-electron chi connectivity index (χ1n) is 11.1. The van der Waals surface area contributed by atoms with Gasteiger partial charge >= 0.3 is 6.18 Å². The molecule has 188 valence electrons. The van der Waals surface area contributed by atoms with Gasteiger partial charge < -0.3 is 14.3 Å². The standard InChI is InChI=1S/C26H19F4N5O2/c1-14(36)31-12-15-8-21(26(28,29)30)23-22(9-15)33-25(37-23)17-5-3-4-16(10-17)19-7-6-18(27)11-20(19)24-34-32-13-35(24)2/h3-11,13H,12H2,1-2H3,(H,31,36). The van der Waals surface area contributed by atoms with E-state index in [0.29, 0.717) is 28.1 Å². The van der Waals surface area contributed by atoms with Gasteiger partial charge in [-0.1, -0.05) is 18.2 Å². The molecule has 0 unspecified atom stereocenters. The molecule has 37 heavy (non-hydrogen) atoms. The van der Waals surface area contributed by atoms with Crippen LogP contribution in [0.1, 0.15) is 18.1 Å². The third kappa shape index (κ3) is 4.80. The number of hydrogen-bond donors (Lipinski definition) is 1. The summed E-state index contributed by atoms with van der Waals surface area (Å²) in [6.07, 6.45) is -3.19. The number of halogens is 4. The number of oxazole rings is 1. The molecule has 5 rings (SSSR count). The van der Waals surface area contributed by atoms with Crippen LogP contribution in [0.4, 0.5) is 17.6 Å². The van der Waals surface area contributed by atoms with E-state index < -0.39 is 23.1 Å². The van der Waals surface area contributed by atoms with Crippen LogP contribution in [0.25, 0.3) is 45.1 Å². The van der Waals surface area contributed by atoms with Crippen LogP contribution in [0, 0.1) is 5.82 Å². The average Bonchev–Trinajstić information content (AvgIpc) is 3.47. The molecule has 0 spiro atoms. The van der Waals surface area contributed by atoms with Crippen LogP contribution >= 0.6 is 0 Å². The second kappa shape index (κ2) is 9.16. The van der Waals surface area contributed by atoms with E-state index in [1.165, 1.54) is 31.5 Å². The molecule has 2 aromatic heterocycles. The van der Waals surface area contributed by atoms with E-state index in [2.05, 4.69) is 20.5 Å². The van der Waals surface area contributed by atoms with Crippen molar-refractivity contribution >= 4 is 17.0 Å². The van der Waals surface area contributed by atoms with Gasteiger partial charge in [-0.05, 0) is 53.1 Å². The summed E-state index contributed by atoms with van der Waals surface area (Å²) in [6, 6.07) is 13.5. The molecule has 7 nitrogen and oxygen atoms in total. The molecule has 1 amide bonds. The fraction of sp³-hybridized carbons (Fsp3) is 0.154. The molecular weight excluding hydrogens is 490 g/mol. The molecule has 3 aromatic carbocycles. The molecule has 5 aromatic rings. The zero-order valence-corrected chi connectivity index (χ0v) is 19.6. The molecule has 0 aliphatic carbocycles. The van der Waals surface area contributed by atoms with Crippen LogP contribution in [-0.2, 0) is 24.6 Å². The first-order chi connectivity index (χ1) is 17.6. The van der Waals surface area contributed by atoms with Gasteiger partial charge in [-0.2, -0.15) is 13.2 Å². The Morgan fingerprint density at radius 2 is 1.84 bits per heavy atom. The average molecular weight is 509 g/mol. The van der Waals surface area contributed by atoms with Gasteiger partial charge in [0.15, 0.2) is 11.4 Å². The lowest BCUT2D eigenvalue weighted by Gasteiger charge is -2.10. The van der Waals surface area contributed by atoms with E-state index in [0.717, 1.165) is 6.07 Å². The summed E-state index contributed by atoms with van der Waals surface area (Å²) in [5.74, 6) is -0.385. The Labute approximate surface area is 207 Å². The molecular formula is C26H19F4N5O2. The molecule has 0 fully saturated rings. The summed E-state index contributed by atoms with van der Waals surface area (Å²) in [6.45, 7) is 1.20. The summed E-state index contributed by atoms with van der Waals surface area (Å²) in [5, 5.41) is 10.4. The van der Waals surface area contributed by atoms with E-state index in [9.17, 15) is 22.4 Å². The Morgan fingerprint density at radius 3 is 2.54 bits per heavy atom. The zero-order chi connectivity index (χ0) is 26.3. The quantitative estimate of drug-likeness (QED) is 0.305. The number of aryl methyl sites for hydroxylation is 1. The lowest BCUT2D eigenvalue weighted by atomic mass is 9.97. The molecule has 0 saturated carbocycles. The van der Waals surface area contributed by atoms with Gasteiger partial charge in [0.2, 0.25) is 11.8 Å². The van der Waals surface area contributed by atoms with Gasteiger partial charge in [0, 0.05) is 31.6 Å². The molecule has 0 bridgehead atoms. The van der Waals surface area contributed by atoms with Crippen LogP contribution in [0.2, 0.25) is 0 Å². The van der Waals surface area contributed by atoms with Crippen LogP contribution < -0.4 is 5.32 Å². The topological polar surface area (TPSA) is 85.8 Å². The fourth-order valence-electron chi connectivity index (χ4n) is 4.05. The molecule has 0 aliphatic rings. The number of benzene rings is 3. The minimum atomic E-state index is -4.69. The molecule has 1 N–H and O–H groups in total. The van der Waals surface area contributed by atoms with E-state index in [-0.39, 0.29) is 29.4 Å². The maximum absolute atomic E-state index is 14.1. The lowest BCUT2D eigenvalue weighted by Crippen LogP contribution is -2.19. The van der Waals surface area contributed by atoms with Gasteiger partial charge in [-0.3, -0.25) is 4.79 Å². The maximum Gasteiger partial charge on any atom is 0.420 e. The molecule has 11 heteroatoms. The van der Waals surface area contributed by atoms with Gasteiger partial charge in [0.1, 0.15) is 23.2 Å². The highest BCUT2D eigenvalue weighted by Crippen LogP contribution is 2.39. The van der Waals surface area contributed by atoms with Gasteiger partial charge in [0.25, 0.3) is 0 Å². The van der Waals surface area contributed by atoms with Crippen molar-refractivity contribution in [2.75, 3.05) is 0 Å². The SMILES string of the molecule is CC(=O)NCc1cc(C(F)(F)F)c2oc(-c3cccc(-c4ccc(F)cc4-c4nncn4C)c3)nc2c1. The number of alkyl halides is 3. The van der Waals surface area contributed by atoms with Crippen LogP contribution in [-0.4, -0.2) is 25.7 Å². The van der Waals surface area contributed by atoms with Gasteiger partial charge in [-0.25, -0.2) is 9.37 Å². The third-order valence-electron chi connectivity index (χ3n) is 5.75. The minimum absolute atomic E-state index is 0.0112.